The summed E-state index contributed by atoms with van der Waals surface area (Å²) in [5.74, 6) is -0.0361. The zero-order chi connectivity index (χ0) is 20.1. The largest absolute Gasteiger partial charge is 0.492 e. The molecule has 0 atom stereocenters. The number of nitrogens with one attached hydrogen (secondary N) is 1. The monoisotopic (exact) mass is 402 g/mol. The zero-order valence-electron chi connectivity index (χ0n) is 16.3. The fourth-order valence-electron chi connectivity index (χ4n) is 3.18. The van der Waals surface area contributed by atoms with E-state index in [9.17, 15) is 13.2 Å². The molecule has 0 bridgehead atoms. The Labute approximate surface area is 166 Å². The number of sulfonamides is 1. The minimum Gasteiger partial charge on any atom is -0.492 e. The molecule has 1 aliphatic heterocycles. The second-order valence-electron chi connectivity index (χ2n) is 6.87. The van der Waals surface area contributed by atoms with E-state index in [0.29, 0.717) is 31.8 Å². The van der Waals surface area contributed by atoms with Crippen LogP contribution in [0.1, 0.15) is 41.3 Å². The first-order chi connectivity index (χ1) is 13.4. The molecule has 1 N–H and O–H groups in total. The lowest BCUT2D eigenvalue weighted by Gasteiger charge is -2.19. The predicted octanol–water partition coefficient (Wildman–Crippen LogP) is 3.11. The van der Waals surface area contributed by atoms with Gasteiger partial charge in [0.15, 0.2) is 0 Å². The molecule has 0 unspecified atom stereocenters. The molecule has 1 aliphatic rings. The van der Waals surface area contributed by atoms with Crippen molar-refractivity contribution in [2.45, 2.75) is 38.1 Å². The van der Waals surface area contributed by atoms with Gasteiger partial charge >= 0.3 is 0 Å². The maximum absolute atomic E-state index is 13.0. The minimum absolute atomic E-state index is 0.0548. The molecule has 0 saturated carbocycles. The molecule has 0 spiro atoms. The second-order valence-corrected chi connectivity index (χ2v) is 8.78. The van der Waals surface area contributed by atoms with Crippen LogP contribution in [0.5, 0.6) is 5.75 Å². The lowest BCUT2D eigenvalue weighted by atomic mass is 10.1. The molecule has 6 nitrogen and oxygen atoms in total. The average Bonchev–Trinajstić information content (AvgIpc) is 3.23. The molecule has 28 heavy (non-hydrogen) atoms. The SMILES string of the molecule is CCOc1ccc(C(=O)NCc2ccc(C)cc2)cc1S(=O)(=O)N1CCCC1. The molecule has 3 rings (SSSR count). The number of hydrogen-bond acceptors (Lipinski definition) is 4. The van der Waals surface area contributed by atoms with Crippen LogP contribution in [0.4, 0.5) is 0 Å². The molecule has 1 heterocycles. The van der Waals surface area contributed by atoms with Crippen LogP contribution in [0.15, 0.2) is 47.4 Å². The fourth-order valence-corrected chi connectivity index (χ4v) is 4.86. The van der Waals surface area contributed by atoms with Crippen molar-refractivity contribution in [1.29, 1.82) is 0 Å². The first-order valence-electron chi connectivity index (χ1n) is 9.52. The maximum atomic E-state index is 13.0. The third-order valence-corrected chi connectivity index (χ3v) is 6.68. The number of benzene rings is 2. The van der Waals surface area contributed by atoms with E-state index >= 15 is 0 Å². The van der Waals surface area contributed by atoms with E-state index in [1.54, 1.807) is 19.1 Å². The van der Waals surface area contributed by atoms with Gasteiger partial charge in [0.2, 0.25) is 10.0 Å². The highest BCUT2D eigenvalue weighted by Crippen LogP contribution is 2.30. The van der Waals surface area contributed by atoms with Crippen LogP contribution in [0, 0.1) is 6.92 Å². The zero-order valence-corrected chi connectivity index (χ0v) is 17.1. The van der Waals surface area contributed by atoms with E-state index < -0.39 is 10.0 Å². The summed E-state index contributed by atoms with van der Waals surface area (Å²) >= 11 is 0. The van der Waals surface area contributed by atoms with E-state index in [1.165, 1.54) is 10.4 Å². The summed E-state index contributed by atoms with van der Waals surface area (Å²) in [4.78, 5) is 12.6. The molecule has 1 saturated heterocycles. The highest BCUT2D eigenvalue weighted by molar-refractivity contribution is 7.89. The smallest absolute Gasteiger partial charge is 0.251 e. The number of ether oxygens (including phenoxy) is 1. The molecule has 7 heteroatoms. The Hall–Kier alpha value is -2.38. The van der Waals surface area contributed by atoms with Gasteiger partial charge in [-0.25, -0.2) is 8.42 Å². The Morgan fingerprint density at radius 1 is 1.11 bits per heavy atom. The number of hydrogen-bond donors (Lipinski definition) is 1. The van der Waals surface area contributed by atoms with Crippen LogP contribution in [0.3, 0.4) is 0 Å². The van der Waals surface area contributed by atoms with Gasteiger partial charge in [0, 0.05) is 25.2 Å². The summed E-state index contributed by atoms with van der Waals surface area (Å²) < 4.78 is 33.0. The molecule has 1 fully saturated rings. The molecule has 1 amide bonds. The lowest BCUT2D eigenvalue weighted by molar-refractivity contribution is 0.0950. The highest BCUT2D eigenvalue weighted by atomic mass is 32.2. The molecule has 150 valence electrons. The third-order valence-electron chi connectivity index (χ3n) is 4.76. The quantitative estimate of drug-likeness (QED) is 0.772. The predicted molar refractivity (Wildman–Crippen MR) is 108 cm³/mol. The molecule has 2 aromatic carbocycles. The van der Waals surface area contributed by atoms with Gasteiger partial charge in [-0.05, 0) is 50.5 Å². The standard InChI is InChI=1S/C21H26N2O4S/c1-3-27-19-11-10-18(14-20(19)28(25,26)23-12-4-5-13-23)21(24)22-15-17-8-6-16(2)7-9-17/h6-11,14H,3-5,12-13,15H2,1-2H3,(H,22,24). The van der Waals surface area contributed by atoms with Crippen molar-refractivity contribution < 1.29 is 17.9 Å². The van der Waals surface area contributed by atoms with E-state index in [4.69, 9.17) is 4.74 Å². The van der Waals surface area contributed by atoms with Crippen molar-refractivity contribution in [3.8, 4) is 5.75 Å². The van der Waals surface area contributed by atoms with Gasteiger partial charge in [0.05, 0.1) is 6.61 Å². The molecule has 0 aromatic heterocycles. The summed E-state index contributed by atoms with van der Waals surface area (Å²) in [6.07, 6.45) is 1.69. The molecule has 2 aromatic rings. The van der Waals surface area contributed by atoms with Gasteiger partial charge in [0.25, 0.3) is 5.91 Å². The molecule has 0 aliphatic carbocycles. The van der Waals surface area contributed by atoms with Crippen LogP contribution in [0.25, 0.3) is 0 Å². The molecule has 0 radical (unpaired) electrons. The number of carbonyl (C=O) groups is 1. The normalized spacial score (nSPS) is 14.8. The van der Waals surface area contributed by atoms with Gasteiger partial charge in [0.1, 0.15) is 10.6 Å². The summed E-state index contributed by atoms with van der Waals surface area (Å²) in [6, 6.07) is 12.5. The molecular weight excluding hydrogens is 376 g/mol. The van der Waals surface area contributed by atoms with Crippen molar-refractivity contribution in [1.82, 2.24) is 9.62 Å². The van der Waals surface area contributed by atoms with E-state index in [-0.39, 0.29) is 16.6 Å². The van der Waals surface area contributed by atoms with Crippen LogP contribution in [-0.2, 0) is 16.6 Å². The Balaban J connectivity index is 1.83. The summed E-state index contributed by atoms with van der Waals surface area (Å²) in [5, 5.41) is 2.85. The maximum Gasteiger partial charge on any atom is 0.251 e. The Morgan fingerprint density at radius 2 is 1.79 bits per heavy atom. The van der Waals surface area contributed by atoms with Crippen LogP contribution >= 0.6 is 0 Å². The summed E-state index contributed by atoms with van der Waals surface area (Å²) in [7, 11) is -3.69. The Bertz CT molecular complexity index is 933. The average molecular weight is 403 g/mol. The van der Waals surface area contributed by atoms with E-state index in [0.717, 1.165) is 24.0 Å². The van der Waals surface area contributed by atoms with Crippen molar-refractivity contribution in [3.63, 3.8) is 0 Å². The Kier molecular flexibility index (Phi) is 6.36. The third kappa shape index (κ3) is 4.54. The van der Waals surface area contributed by atoms with E-state index in [1.807, 2.05) is 31.2 Å². The fraction of sp³-hybridized carbons (Fsp3) is 0.381. The summed E-state index contributed by atoms with van der Waals surface area (Å²) in [6.45, 7) is 5.52. The van der Waals surface area contributed by atoms with Gasteiger partial charge < -0.3 is 10.1 Å². The van der Waals surface area contributed by atoms with Crippen LogP contribution in [-0.4, -0.2) is 38.3 Å². The number of rotatable bonds is 7. The first kappa shape index (κ1) is 20.4. The van der Waals surface area contributed by atoms with Gasteiger partial charge in [-0.2, -0.15) is 4.31 Å². The minimum atomic E-state index is -3.69. The molecular formula is C21H26N2O4S. The van der Waals surface area contributed by atoms with Gasteiger partial charge in [-0.3, -0.25) is 4.79 Å². The first-order valence-corrected chi connectivity index (χ1v) is 11.0. The second kappa shape index (κ2) is 8.75. The summed E-state index contributed by atoms with van der Waals surface area (Å²) in [5.41, 5.74) is 2.43. The lowest BCUT2D eigenvalue weighted by Crippen LogP contribution is -2.29. The number of amides is 1. The van der Waals surface area contributed by atoms with E-state index in [2.05, 4.69) is 5.32 Å². The van der Waals surface area contributed by atoms with Crippen LogP contribution < -0.4 is 10.1 Å². The number of aryl methyl sites for hydroxylation is 1. The van der Waals surface area contributed by atoms with Crippen molar-refractivity contribution in [2.75, 3.05) is 19.7 Å². The van der Waals surface area contributed by atoms with Crippen LogP contribution in [0.2, 0.25) is 0 Å². The number of nitrogens with zero attached hydrogens (tertiary/aromatic N) is 1. The highest BCUT2D eigenvalue weighted by Gasteiger charge is 2.30. The van der Waals surface area contributed by atoms with Crippen molar-refractivity contribution in [3.05, 3.63) is 59.2 Å². The Morgan fingerprint density at radius 3 is 2.43 bits per heavy atom. The van der Waals surface area contributed by atoms with Gasteiger partial charge in [-0.1, -0.05) is 29.8 Å². The van der Waals surface area contributed by atoms with Gasteiger partial charge in [-0.15, -0.1) is 0 Å². The van der Waals surface area contributed by atoms with Crippen molar-refractivity contribution in [2.24, 2.45) is 0 Å². The topological polar surface area (TPSA) is 75.7 Å². The van der Waals surface area contributed by atoms with Crippen molar-refractivity contribution >= 4 is 15.9 Å². The number of carbonyl (C=O) groups excluding carboxylic acids is 1.